The van der Waals surface area contributed by atoms with E-state index in [9.17, 15) is 0 Å². The zero-order valence-electron chi connectivity index (χ0n) is 4.22. The molecular weight excluding hydrogens is 107 g/mol. The average Bonchev–Trinajstić information content (AvgIpc) is 2.33. The van der Waals surface area contributed by atoms with E-state index in [4.69, 9.17) is 4.74 Å². The second kappa shape index (κ2) is 1.03. The minimum absolute atomic E-state index is 0.233. The number of hydrogen-bond donors (Lipinski definition) is 0. The van der Waals surface area contributed by atoms with Crippen molar-refractivity contribution in [2.24, 2.45) is 0 Å². The van der Waals surface area contributed by atoms with E-state index in [2.05, 4.69) is 12.7 Å². The first-order valence-corrected chi connectivity index (χ1v) is 4.49. The molecule has 0 aromatic heterocycles. The average molecular weight is 114 g/mol. The van der Waals surface area contributed by atoms with Gasteiger partial charge in [0.2, 0.25) is 0 Å². The smallest absolute Gasteiger partial charge is 0.173 e. The highest BCUT2D eigenvalue weighted by atomic mass is 31.1. The number of fused-ring (bicyclic) bond motifs is 1. The Morgan fingerprint density at radius 3 is 3.00 bits per heavy atom. The van der Waals surface area contributed by atoms with Crippen molar-refractivity contribution >= 4 is 7.92 Å². The van der Waals surface area contributed by atoms with Crippen molar-refractivity contribution in [3.63, 3.8) is 0 Å². The second-order valence-electron chi connectivity index (χ2n) is 2.02. The maximum absolute atomic E-state index is 5.15. The summed E-state index contributed by atoms with van der Waals surface area (Å²) in [5.41, 5.74) is 0. The van der Waals surface area contributed by atoms with Crippen molar-refractivity contribution in [3.05, 3.63) is 11.8 Å². The van der Waals surface area contributed by atoms with Crippen molar-refractivity contribution < 1.29 is 4.74 Å². The molecule has 38 valence electrons. The number of epoxide rings is 1. The van der Waals surface area contributed by atoms with Crippen molar-refractivity contribution in [2.75, 3.05) is 12.8 Å². The molecule has 1 fully saturated rings. The van der Waals surface area contributed by atoms with Crippen LogP contribution in [0, 0.1) is 0 Å². The molecule has 0 radical (unpaired) electrons. The van der Waals surface area contributed by atoms with E-state index >= 15 is 0 Å². The van der Waals surface area contributed by atoms with Crippen LogP contribution in [0.5, 0.6) is 0 Å². The fourth-order valence-electron chi connectivity index (χ4n) is 0.881. The standard InChI is InChI=1S/C5H7OP/c1-7-3-2-4-5(7)6-4/h2,5H,3H2,1H3. The first-order chi connectivity index (χ1) is 3.38. The summed E-state index contributed by atoms with van der Waals surface area (Å²) in [6.07, 6.45) is 3.52. The molecule has 0 aromatic rings. The molecule has 2 rings (SSSR count). The van der Waals surface area contributed by atoms with Crippen molar-refractivity contribution in [1.29, 1.82) is 0 Å². The van der Waals surface area contributed by atoms with Crippen molar-refractivity contribution in [1.82, 2.24) is 0 Å². The van der Waals surface area contributed by atoms with Gasteiger partial charge in [-0.15, -0.1) is 0 Å². The van der Waals surface area contributed by atoms with Crippen LogP contribution < -0.4 is 0 Å². The van der Waals surface area contributed by atoms with E-state index in [1.54, 1.807) is 0 Å². The van der Waals surface area contributed by atoms with Crippen LogP contribution in [0.2, 0.25) is 0 Å². The van der Waals surface area contributed by atoms with E-state index in [0.29, 0.717) is 5.85 Å². The van der Waals surface area contributed by atoms with E-state index < -0.39 is 0 Å². The lowest BCUT2D eigenvalue weighted by Gasteiger charge is -1.96. The van der Waals surface area contributed by atoms with Crippen LogP contribution in [-0.2, 0) is 4.74 Å². The van der Waals surface area contributed by atoms with Gasteiger partial charge in [-0.25, -0.2) is 0 Å². The third-order valence-electron chi connectivity index (χ3n) is 1.41. The van der Waals surface area contributed by atoms with E-state index in [-0.39, 0.29) is 7.92 Å². The molecule has 0 aliphatic carbocycles. The largest absolute Gasteiger partial charge is 0.478 e. The highest BCUT2D eigenvalue weighted by Crippen LogP contribution is 2.57. The third-order valence-corrected chi connectivity index (χ3v) is 3.33. The molecule has 2 aliphatic heterocycles. The molecule has 0 saturated carbocycles. The Morgan fingerprint density at radius 1 is 2.00 bits per heavy atom. The van der Waals surface area contributed by atoms with Gasteiger partial charge in [0.05, 0.1) is 0 Å². The summed E-state index contributed by atoms with van der Waals surface area (Å²) in [4.78, 5) is 0. The lowest BCUT2D eigenvalue weighted by molar-refractivity contribution is 0.484. The quantitative estimate of drug-likeness (QED) is 0.342. The van der Waals surface area contributed by atoms with Gasteiger partial charge < -0.3 is 4.74 Å². The summed E-state index contributed by atoms with van der Waals surface area (Å²) in [6, 6.07) is 0. The van der Waals surface area contributed by atoms with Gasteiger partial charge in [-0.2, -0.15) is 0 Å². The number of ether oxygens (including phenoxy) is 1. The normalized spacial score (nSPS) is 44.4. The van der Waals surface area contributed by atoms with Gasteiger partial charge in [-0.05, 0) is 18.9 Å². The molecule has 1 saturated heterocycles. The molecule has 0 bridgehead atoms. The summed E-state index contributed by atoms with van der Waals surface area (Å²) in [5, 5.41) is 0. The molecule has 0 N–H and O–H groups in total. The van der Waals surface area contributed by atoms with Crippen LogP contribution in [-0.4, -0.2) is 18.7 Å². The fourth-order valence-corrected chi connectivity index (χ4v) is 2.38. The minimum atomic E-state index is 0.233. The lowest BCUT2D eigenvalue weighted by Crippen LogP contribution is -1.77. The summed E-state index contributed by atoms with van der Waals surface area (Å²) in [6.45, 7) is 2.29. The van der Waals surface area contributed by atoms with Gasteiger partial charge >= 0.3 is 0 Å². The number of allylic oxidation sites excluding steroid dienone is 1. The molecule has 2 heterocycles. The summed E-state index contributed by atoms with van der Waals surface area (Å²) in [7, 11) is 0.233. The highest BCUT2D eigenvalue weighted by molar-refractivity contribution is 7.58. The third kappa shape index (κ3) is 0.420. The molecule has 2 aliphatic rings. The molecular formula is C5H7OP. The van der Waals surface area contributed by atoms with Crippen LogP contribution in [0.15, 0.2) is 11.8 Å². The van der Waals surface area contributed by atoms with Gasteiger partial charge in [-0.3, -0.25) is 0 Å². The summed E-state index contributed by atoms with van der Waals surface area (Å²) >= 11 is 0. The summed E-state index contributed by atoms with van der Waals surface area (Å²) in [5.74, 6) is 1.88. The van der Waals surface area contributed by atoms with Crippen LogP contribution in [0.25, 0.3) is 0 Å². The minimum Gasteiger partial charge on any atom is -0.478 e. The van der Waals surface area contributed by atoms with Gasteiger partial charge in [0.15, 0.2) is 5.85 Å². The Kier molecular flexibility index (Phi) is 0.575. The molecule has 2 atom stereocenters. The first-order valence-electron chi connectivity index (χ1n) is 2.45. The molecule has 1 nitrogen and oxygen atoms in total. The Labute approximate surface area is 44.1 Å². The van der Waals surface area contributed by atoms with Crippen LogP contribution in [0.3, 0.4) is 0 Å². The second-order valence-corrected chi connectivity index (χ2v) is 4.36. The molecule has 0 spiro atoms. The molecule has 7 heavy (non-hydrogen) atoms. The molecule has 2 heteroatoms. The number of hydrogen-bond acceptors (Lipinski definition) is 1. The predicted octanol–water partition coefficient (Wildman–Crippen LogP) is 1.35. The maximum Gasteiger partial charge on any atom is 0.173 e. The van der Waals surface area contributed by atoms with Crippen LogP contribution in [0.4, 0.5) is 0 Å². The van der Waals surface area contributed by atoms with Crippen LogP contribution >= 0.6 is 7.92 Å². The Hall–Kier alpha value is -0.0300. The van der Waals surface area contributed by atoms with Crippen LogP contribution in [0.1, 0.15) is 0 Å². The van der Waals surface area contributed by atoms with E-state index in [1.165, 1.54) is 11.9 Å². The first kappa shape index (κ1) is 3.91. The van der Waals surface area contributed by atoms with Gasteiger partial charge in [0, 0.05) is 0 Å². The molecule has 2 unspecified atom stereocenters. The molecule has 0 amide bonds. The van der Waals surface area contributed by atoms with Crippen molar-refractivity contribution in [3.8, 4) is 0 Å². The molecule has 0 aromatic carbocycles. The SMILES string of the molecule is CP1CC=C2OC21. The Balaban J connectivity index is 2.23. The Morgan fingerprint density at radius 2 is 2.86 bits per heavy atom. The monoisotopic (exact) mass is 114 g/mol. The zero-order chi connectivity index (χ0) is 4.85. The Bertz CT molecular complexity index is 130. The highest BCUT2D eigenvalue weighted by Gasteiger charge is 2.41. The maximum atomic E-state index is 5.15. The zero-order valence-corrected chi connectivity index (χ0v) is 5.11. The van der Waals surface area contributed by atoms with Gasteiger partial charge in [0.25, 0.3) is 0 Å². The van der Waals surface area contributed by atoms with Gasteiger partial charge in [-0.1, -0.05) is 7.92 Å². The fraction of sp³-hybridized carbons (Fsp3) is 0.600. The van der Waals surface area contributed by atoms with Crippen molar-refractivity contribution in [2.45, 2.75) is 5.85 Å². The lowest BCUT2D eigenvalue weighted by atomic mass is 10.6. The number of rotatable bonds is 0. The van der Waals surface area contributed by atoms with Gasteiger partial charge in [0.1, 0.15) is 5.76 Å². The summed E-state index contributed by atoms with van der Waals surface area (Å²) < 4.78 is 5.15. The topological polar surface area (TPSA) is 12.5 Å². The van der Waals surface area contributed by atoms with E-state index in [1.807, 2.05) is 0 Å². The predicted molar refractivity (Wildman–Crippen MR) is 30.7 cm³/mol. The van der Waals surface area contributed by atoms with E-state index in [0.717, 1.165) is 0 Å².